The number of hydrogen-bond acceptors (Lipinski definition) is 3. The normalized spacial score (nSPS) is 14.5. The van der Waals surface area contributed by atoms with Gasteiger partial charge in [-0.3, -0.25) is 0 Å². The number of benzene rings is 1. The van der Waals surface area contributed by atoms with Gasteiger partial charge in [0.15, 0.2) is 17.4 Å². The van der Waals surface area contributed by atoms with Crippen molar-refractivity contribution >= 4 is 0 Å². The molecule has 3 aromatic rings. The summed E-state index contributed by atoms with van der Waals surface area (Å²) >= 11 is 0. The maximum atomic E-state index is 13.0. The summed E-state index contributed by atoms with van der Waals surface area (Å²) in [6.07, 6.45) is 3.93. The molecular weight excluding hydrogens is 269 g/mol. The fourth-order valence-electron chi connectivity index (χ4n) is 2.34. The average molecular weight is 283 g/mol. The van der Waals surface area contributed by atoms with Gasteiger partial charge in [0.2, 0.25) is 0 Å². The quantitative estimate of drug-likeness (QED) is 0.734. The van der Waals surface area contributed by atoms with E-state index in [-0.39, 0.29) is 5.82 Å². The molecule has 1 aliphatic rings. The van der Waals surface area contributed by atoms with Crippen molar-refractivity contribution in [3.8, 4) is 11.6 Å². The van der Waals surface area contributed by atoms with Crippen LogP contribution in [0.15, 0.2) is 47.1 Å². The van der Waals surface area contributed by atoms with Crippen LogP contribution in [-0.4, -0.2) is 14.8 Å². The molecule has 5 heteroatoms. The van der Waals surface area contributed by atoms with Crippen LogP contribution in [0.5, 0.6) is 0 Å². The topological polar surface area (TPSA) is 43.9 Å². The number of nitrogens with zero attached hydrogens (tertiary/aromatic N) is 3. The Hall–Kier alpha value is -2.43. The summed E-state index contributed by atoms with van der Waals surface area (Å²) in [5.41, 5.74) is 0.983. The highest BCUT2D eigenvalue weighted by atomic mass is 19.1. The molecular formula is C16H14FN3O. The van der Waals surface area contributed by atoms with E-state index in [0.717, 1.165) is 30.1 Å². The predicted octanol–water partition coefficient (Wildman–Crippen LogP) is 3.60. The van der Waals surface area contributed by atoms with E-state index < -0.39 is 0 Å². The standard InChI is InChI=1S/C16H14FN3O/c17-13-7-3-11(4-8-13)10-20-16(14-2-1-9-21-14)18-15(19-20)12-5-6-12/h1-4,7-9,12H,5-6,10H2. The Morgan fingerprint density at radius 3 is 2.67 bits per heavy atom. The Bertz CT molecular complexity index is 742. The Balaban J connectivity index is 1.70. The molecule has 0 radical (unpaired) electrons. The summed E-state index contributed by atoms with van der Waals surface area (Å²) in [7, 11) is 0. The Morgan fingerprint density at radius 2 is 2.00 bits per heavy atom. The van der Waals surface area contributed by atoms with Gasteiger partial charge < -0.3 is 4.42 Å². The Kier molecular flexibility index (Phi) is 2.84. The van der Waals surface area contributed by atoms with Gasteiger partial charge in [-0.15, -0.1) is 0 Å². The minimum Gasteiger partial charge on any atom is -0.461 e. The fourth-order valence-corrected chi connectivity index (χ4v) is 2.34. The zero-order valence-corrected chi connectivity index (χ0v) is 11.4. The molecule has 0 spiro atoms. The molecule has 4 rings (SSSR count). The zero-order chi connectivity index (χ0) is 14.2. The van der Waals surface area contributed by atoms with E-state index >= 15 is 0 Å². The number of hydrogen-bond donors (Lipinski definition) is 0. The van der Waals surface area contributed by atoms with E-state index in [2.05, 4.69) is 10.1 Å². The highest BCUT2D eigenvalue weighted by molar-refractivity contribution is 5.47. The monoisotopic (exact) mass is 283 g/mol. The van der Waals surface area contributed by atoms with Crippen molar-refractivity contribution in [2.45, 2.75) is 25.3 Å². The summed E-state index contributed by atoms with van der Waals surface area (Å²) in [6, 6.07) is 10.2. The van der Waals surface area contributed by atoms with Crippen LogP contribution < -0.4 is 0 Å². The van der Waals surface area contributed by atoms with Gasteiger partial charge in [0, 0.05) is 5.92 Å². The average Bonchev–Trinajstić information content (AvgIpc) is 3.04. The third-order valence-corrected chi connectivity index (χ3v) is 3.62. The lowest BCUT2D eigenvalue weighted by Crippen LogP contribution is -2.04. The molecule has 1 fully saturated rings. The third-order valence-electron chi connectivity index (χ3n) is 3.62. The first-order chi connectivity index (χ1) is 10.3. The van der Waals surface area contributed by atoms with E-state index in [9.17, 15) is 4.39 Å². The van der Waals surface area contributed by atoms with Crippen molar-refractivity contribution in [3.63, 3.8) is 0 Å². The minimum atomic E-state index is -0.234. The molecule has 2 heterocycles. The molecule has 0 N–H and O–H groups in total. The van der Waals surface area contributed by atoms with E-state index in [0.29, 0.717) is 18.2 Å². The van der Waals surface area contributed by atoms with Gasteiger partial charge in [0.1, 0.15) is 5.82 Å². The molecule has 0 bridgehead atoms. The van der Waals surface area contributed by atoms with Gasteiger partial charge in [0.25, 0.3) is 0 Å². The van der Waals surface area contributed by atoms with E-state index in [1.165, 1.54) is 12.1 Å². The maximum Gasteiger partial charge on any atom is 0.194 e. The lowest BCUT2D eigenvalue weighted by Gasteiger charge is -2.04. The van der Waals surface area contributed by atoms with Crippen molar-refractivity contribution in [1.29, 1.82) is 0 Å². The van der Waals surface area contributed by atoms with Crippen LogP contribution in [0.4, 0.5) is 4.39 Å². The van der Waals surface area contributed by atoms with Gasteiger partial charge in [-0.05, 0) is 42.7 Å². The molecule has 2 aromatic heterocycles. The van der Waals surface area contributed by atoms with E-state index in [4.69, 9.17) is 4.42 Å². The summed E-state index contributed by atoms with van der Waals surface area (Å²) in [4.78, 5) is 4.61. The predicted molar refractivity (Wildman–Crippen MR) is 75.2 cm³/mol. The highest BCUT2D eigenvalue weighted by Gasteiger charge is 2.29. The van der Waals surface area contributed by atoms with E-state index in [1.807, 2.05) is 16.8 Å². The van der Waals surface area contributed by atoms with Gasteiger partial charge in [-0.2, -0.15) is 5.10 Å². The number of halogens is 1. The first-order valence-corrected chi connectivity index (χ1v) is 7.02. The van der Waals surface area contributed by atoms with E-state index in [1.54, 1.807) is 18.4 Å². The third kappa shape index (κ3) is 2.46. The van der Waals surface area contributed by atoms with Gasteiger partial charge in [-0.25, -0.2) is 14.1 Å². The molecule has 0 saturated heterocycles. The molecule has 1 aliphatic carbocycles. The number of rotatable bonds is 4. The van der Waals surface area contributed by atoms with Crippen LogP contribution in [0.1, 0.15) is 30.1 Å². The molecule has 0 unspecified atom stereocenters. The van der Waals surface area contributed by atoms with Crippen molar-refractivity contribution in [2.24, 2.45) is 0 Å². The fraction of sp³-hybridized carbons (Fsp3) is 0.250. The number of furan rings is 1. The Morgan fingerprint density at radius 1 is 1.19 bits per heavy atom. The lowest BCUT2D eigenvalue weighted by molar-refractivity contribution is 0.565. The largest absolute Gasteiger partial charge is 0.461 e. The highest BCUT2D eigenvalue weighted by Crippen LogP contribution is 2.39. The molecule has 106 valence electrons. The van der Waals surface area contributed by atoms with Crippen LogP contribution in [0.25, 0.3) is 11.6 Å². The second-order valence-corrected chi connectivity index (χ2v) is 5.33. The molecule has 0 amide bonds. The number of aromatic nitrogens is 3. The van der Waals surface area contributed by atoms with Crippen LogP contribution in [0.2, 0.25) is 0 Å². The lowest BCUT2D eigenvalue weighted by atomic mass is 10.2. The molecule has 0 atom stereocenters. The summed E-state index contributed by atoms with van der Waals surface area (Å²) in [5.74, 6) is 2.56. The van der Waals surface area contributed by atoms with Crippen molar-refractivity contribution in [3.05, 3.63) is 59.9 Å². The minimum absolute atomic E-state index is 0.234. The maximum absolute atomic E-state index is 13.0. The van der Waals surface area contributed by atoms with Crippen LogP contribution in [0, 0.1) is 5.82 Å². The summed E-state index contributed by atoms with van der Waals surface area (Å²) in [6.45, 7) is 0.552. The Labute approximate surface area is 121 Å². The summed E-state index contributed by atoms with van der Waals surface area (Å²) in [5, 5.41) is 4.60. The summed E-state index contributed by atoms with van der Waals surface area (Å²) < 4.78 is 20.3. The molecule has 1 saturated carbocycles. The van der Waals surface area contributed by atoms with Gasteiger partial charge >= 0.3 is 0 Å². The van der Waals surface area contributed by atoms with Gasteiger partial charge in [0.05, 0.1) is 12.8 Å². The molecule has 4 nitrogen and oxygen atoms in total. The van der Waals surface area contributed by atoms with Crippen LogP contribution in [-0.2, 0) is 6.54 Å². The van der Waals surface area contributed by atoms with Crippen molar-refractivity contribution < 1.29 is 8.81 Å². The van der Waals surface area contributed by atoms with Crippen molar-refractivity contribution in [2.75, 3.05) is 0 Å². The SMILES string of the molecule is Fc1ccc(Cn2nc(C3CC3)nc2-c2ccco2)cc1. The molecule has 0 aliphatic heterocycles. The van der Waals surface area contributed by atoms with Crippen LogP contribution in [0.3, 0.4) is 0 Å². The molecule has 21 heavy (non-hydrogen) atoms. The van der Waals surface area contributed by atoms with Crippen LogP contribution >= 0.6 is 0 Å². The smallest absolute Gasteiger partial charge is 0.194 e. The molecule has 1 aromatic carbocycles. The first kappa shape index (κ1) is 12.3. The second kappa shape index (κ2) is 4.84. The first-order valence-electron chi connectivity index (χ1n) is 7.02. The zero-order valence-electron chi connectivity index (χ0n) is 11.4. The second-order valence-electron chi connectivity index (χ2n) is 5.33. The van der Waals surface area contributed by atoms with Crippen molar-refractivity contribution in [1.82, 2.24) is 14.8 Å². The van der Waals surface area contributed by atoms with Gasteiger partial charge in [-0.1, -0.05) is 12.1 Å².